The molecular weight excluding hydrogens is 278 g/mol. The molecule has 1 rings (SSSR count). The fraction of sp³-hybridized carbons (Fsp3) is 0.882. The molecule has 0 aromatic carbocycles. The molecule has 1 aliphatic heterocycles. The van der Waals surface area contributed by atoms with Crippen molar-refractivity contribution in [3.8, 4) is 0 Å². The molecule has 22 heavy (non-hydrogen) atoms. The first-order valence-electron chi connectivity index (χ1n) is 8.52. The monoisotopic (exact) mass is 311 g/mol. The molecule has 0 aromatic heterocycles. The van der Waals surface area contributed by atoms with Gasteiger partial charge in [0, 0.05) is 37.0 Å². The van der Waals surface area contributed by atoms with Crippen molar-refractivity contribution in [3.63, 3.8) is 0 Å². The third-order valence-electron chi connectivity index (χ3n) is 4.33. The van der Waals surface area contributed by atoms with Crippen LogP contribution in [0.25, 0.3) is 0 Å². The first-order valence-corrected chi connectivity index (χ1v) is 8.52. The zero-order chi connectivity index (χ0) is 16.8. The summed E-state index contributed by atoms with van der Waals surface area (Å²) >= 11 is 0. The zero-order valence-corrected chi connectivity index (χ0v) is 14.9. The van der Waals surface area contributed by atoms with Gasteiger partial charge in [-0.3, -0.25) is 14.5 Å². The maximum Gasteiger partial charge on any atom is 0.225 e. The molecule has 0 saturated carbocycles. The molecule has 1 heterocycles. The molecule has 0 aromatic rings. The number of piperidine rings is 1. The summed E-state index contributed by atoms with van der Waals surface area (Å²) in [6.07, 6.45) is 4.15. The number of carbonyl (C=O) groups is 2. The van der Waals surface area contributed by atoms with Gasteiger partial charge in [-0.15, -0.1) is 0 Å². The molecule has 0 spiro atoms. The summed E-state index contributed by atoms with van der Waals surface area (Å²) in [7, 11) is 0. The Bertz CT molecular complexity index is 377. The summed E-state index contributed by atoms with van der Waals surface area (Å²) in [5.41, 5.74) is -0.407. The molecule has 2 N–H and O–H groups in total. The molecule has 0 unspecified atom stereocenters. The molecule has 5 nitrogen and oxygen atoms in total. The van der Waals surface area contributed by atoms with Gasteiger partial charge in [-0.25, -0.2) is 0 Å². The number of hydrogen-bond donors (Lipinski definition) is 2. The van der Waals surface area contributed by atoms with Crippen LogP contribution in [0.1, 0.15) is 60.3 Å². The van der Waals surface area contributed by atoms with E-state index >= 15 is 0 Å². The first-order chi connectivity index (χ1) is 10.2. The molecule has 2 amide bonds. The van der Waals surface area contributed by atoms with E-state index in [1.807, 2.05) is 20.8 Å². The lowest BCUT2D eigenvalue weighted by Crippen LogP contribution is -2.48. The highest BCUT2D eigenvalue weighted by Gasteiger charge is 2.23. The summed E-state index contributed by atoms with van der Waals surface area (Å²) in [6, 6.07) is 0.968. The summed E-state index contributed by atoms with van der Waals surface area (Å²) in [5.74, 6) is -0.0125. The highest BCUT2D eigenvalue weighted by atomic mass is 16.2. The average molecular weight is 311 g/mol. The van der Waals surface area contributed by atoms with Crippen LogP contribution in [-0.4, -0.2) is 48.4 Å². The van der Waals surface area contributed by atoms with E-state index < -0.39 is 5.41 Å². The van der Waals surface area contributed by atoms with Crippen LogP contribution in [0.5, 0.6) is 0 Å². The average Bonchev–Trinajstić information content (AvgIpc) is 2.44. The Morgan fingerprint density at radius 3 is 2.50 bits per heavy atom. The Kier molecular flexibility index (Phi) is 7.33. The highest BCUT2D eigenvalue weighted by Crippen LogP contribution is 2.18. The molecule has 2 atom stereocenters. The van der Waals surface area contributed by atoms with Gasteiger partial charge in [-0.2, -0.15) is 0 Å². The van der Waals surface area contributed by atoms with E-state index in [4.69, 9.17) is 0 Å². The Balaban J connectivity index is 2.21. The Labute approximate surface area is 135 Å². The summed E-state index contributed by atoms with van der Waals surface area (Å²) in [5, 5.41) is 5.78. The van der Waals surface area contributed by atoms with E-state index in [9.17, 15) is 9.59 Å². The topological polar surface area (TPSA) is 61.4 Å². The van der Waals surface area contributed by atoms with Crippen LogP contribution in [0.2, 0.25) is 0 Å². The number of amides is 2. The fourth-order valence-corrected chi connectivity index (χ4v) is 2.80. The largest absolute Gasteiger partial charge is 0.355 e. The summed E-state index contributed by atoms with van der Waals surface area (Å²) < 4.78 is 0. The smallest absolute Gasteiger partial charge is 0.225 e. The van der Waals surface area contributed by atoms with Gasteiger partial charge in [0.15, 0.2) is 0 Å². The molecule has 5 heteroatoms. The van der Waals surface area contributed by atoms with Gasteiger partial charge in [0.2, 0.25) is 11.8 Å². The number of nitrogens with one attached hydrogen (secondary N) is 2. The number of nitrogens with zero attached hydrogens (tertiary/aromatic N) is 1. The van der Waals surface area contributed by atoms with E-state index in [0.29, 0.717) is 31.6 Å². The summed E-state index contributed by atoms with van der Waals surface area (Å²) in [4.78, 5) is 26.0. The lowest BCUT2D eigenvalue weighted by molar-refractivity contribution is -0.128. The second kappa shape index (κ2) is 8.51. The van der Waals surface area contributed by atoms with Crippen molar-refractivity contribution in [1.82, 2.24) is 15.5 Å². The Morgan fingerprint density at radius 1 is 1.23 bits per heavy atom. The standard InChI is InChI=1S/C17H33N3O2/c1-13-8-6-7-11-20(13)14(2)12-19-15(21)9-10-18-16(22)17(3,4)5/h13-14H,6-12H2,1-5H3,(H,18,22)(H,19,21)/t13-,14-/m0/s1. The maximum absolute atomic E-state index is 11.9. The van der Waals surface area contributed by atoms with Crippen LogP contribution in [0.3, 0.4) is 0 Å². The molecular formula is C17H33N3O2. The van der Waals surface area contributed by atoms with Crippen LogP contribution in [-0.2, 0) is 9.59 Å². The summed E-state index contributed by atoms with van der Waals surface area (Å²) in [6.45, 7) is 12.2. The predicted molar refractivity (Wildman–Crippen MR) is 89.6 cm³/mol. The van der Waals surface area contributed by atoms with Gasteiger partial charge in [-0.1, -0.05) is 27.2 Å². The molecule has 1 fully saturated rings. The van der Waals surface area contributed by atoms with E-state index in [1.54, 1.807) is 0 Å². The normalized spacial score (nSPS) is 21.2. The van der Waals surface area contributed by atoms with Crippen LogP contribution < -0.4 is 10.6 Å². The fourth-order valence-electron chi connectivity index (χ4n) is 2.80. The van der Waals surface area contributed by atoms with Crippen LogP contribution in [0.15, 0.2) is 0 Å². The Hall–Kier alpha value is -1.10. The van der Waals surface area contributed by atoms with Crippen molar-refractivity contribution in [2.45, 2.75) is 72.4 Å². The highest BCUT2D eigenvalue weighted by molar-refractivity contribution is 5.82. The number of carbonyl (C=O) groups excluding carboxylic acids is 2. The number of likely N-dealkylation sites (tertiary alicyclic amines) is 1. The van der Waals surface area contributed by atoms with E-state index in [2.05, 4.69) is 29.4 Å². The van der Waals surface area contributed by atoms with E-state index in [-0.39, 0.29) is 11.8 Å². The van der Waals surface area contributed by atoms with Crippen LogP contribution in [0, 0.1) is 5.41 Å². The second-order valence-electron chi connectivity index (χ2n) is 7.49. The second-order valence-corrected chi connectivity index (χ2v) is 7.49. The van der Waals surface area contributed by atoms with Crippen molar-refractivity contribution in [2.24, 2.45) is 5.41 Å². The van der Waals surface area contributed by atoms with Gasteiger partial charge in [0.05, 0.1) is 0 Å². The maximum atomic E-state index is 11.9. The molecule has 1 saturated heterocycles. The van der Waals surface area contributed by atoms with Crippen LogP contribution in [0.4, 0.5) is 0 Å². The van der Waals surface area contributed by atoms with Crippen LogP contribution >= 0.6 is 0 Å². The number of hydrogen-bond acceptors (Lipinski definition) is 3. The van der Waals surface area contributed by atoms with Gasteiger partial charge >= 0.3 is 0 Å². The quantitative estimate of drug-likeness (QED) is 0.788. The lowest BCUT2D eigenvalue weighted by Gasteiger charge is -2.38. The minimum Gasteiger partial charge on any atom is -0.355 e. The van der Waals surface area contributed by atoms with Crippen molar-refractivity contribution in [2.75, 3.05) is 19.6 Å². The third kappa shape index (κ3) is 6.34. The SMILES string of the molecule is C[C@H]1CCCCN1[C@@H](C)CNC(=O)CCNC(=O)C(C)(C)C. The van der Waals surface area contributed by atoms with Crippen molar-refractivity contribution in [1.29, 1.82) is 0 Å². The lowest BCUT2D eigenvalue weighted by atomic mass is 9.96. The van der Waals surface area contributed by atoms with Gasteiger partial charge < -0.3 is 10.6 Å². The van der Waals surface area contributed by atoms with Gasteiger partial charge in [-0.05, 0) is 33.2 Å². The van der Waals surface area contributed by atoms with Gasteiger partial charge in [0.25, 0.3) is 0 Å². The molecule has 0 bridgehead atoms. The minimum atomic E-state index is -0.407. The predicted octanol–water partition coefficient (Wildman–Crippen LogP) is 1.92. The number of rotatable bonds is 6. The Morgan fingerprint density at radius 2 is 1.91 bits per heavy atom. The van der Waals surface area contributed by atoms with Crippen molar-refractivity contribution < 1.29 is 9.59 Å². The molecule has 1 aliphatic rings. The van der Waals surface area contributed by atoms with E-state index in [0.717, 1.165) is 6.54 Å². The first kappa shape index (κ1) is 18.9. The van der Waals surface area contributed by atoms with Crippen molar-refractivity contribution >= 4 is 11.8 Å². The van der Waals surface area contributed by atoms with E-state index in [1.165, 1.54) is 19.3 Å². The third-order valence-corrected chi connectivity index (χ3v) is 4.33. The van der Waals surface area contributed by atoms with Gasteiger partial charge in [0.1, 0.15) is 0 Å². The zero-order valence-electron chi connectivity index (χ0n) is 14.9. The molecule has 0 aliphatic carbocycles. The molecule has 0 radical (unpaired) electrons. The molecule has 128 valence electrons. The minimum absolute atomic E-state index is 0.00530. The van der Waals surface area contributed by atoms with Crippen molar-refractivity contribution in [3.05, 3.63) is 0 Å².